The summed E-state index contributed by atoms with van der Waals surface area (Å²) >= 11 is 0. The predicted molar refractivity (Wildman–Crippen MR) is 68.1 cm³/mol. The summed E-state index contributed by atoms with van der Waals surface area (Å²) in [5.41, 5.74) is -0.659. The zero-order chi connectivity index (χ0) is 14.6. The lowest BCUT2D eigenvalue weighted by atomic mass is 10.2. The summed E-state index contributed by atoms with van der Waals surface area (Å²) in [6.45, 7) is 3.48. The molecule has 102 valence electrons. The van der Waals surface area contributed by atoms with Crippen molar-refractivity contribution in [3.63, 3.8) is 0 Å². The van der Waals surface area contributed by atoms with Crippen molar-refractivity contribution in [3.8, 4) is 0 Å². The van der Waals surface area contributed by atoms with Gasteiger partial charge in [-0.15, -0.1) is 0 Å². The number of nitro groups is 2. The van der Waals surface area contributed by atoms with E-state index in [1.54, 1.807) is 0 Å². The molecule has 0 N–H and O–H groups in total. The monoisotopic (exact) mass is 267 g/mol. The lowest BCUT2D eigenvalue weighted by Gasteiger charge is -2.19. The zero-order valence-corrected chi connectivity index (χ0v) is 10.5. The molecule has 8 heteroatoms. The van der Waals surface area contributed by atoms with Gasteiger partial charge >= 0.3 is 0 Å². The van der Waals surface area contributed by atoms with Crippen molar-refractivity contribution >= 4 is 23.0 Å². The number of carbonyl (C=O) groups excluding carboxylic acids is 1. The van der Waals surface area contributed by atoms with Crippen LogP contribution in [0.4, 0.5) is 17.1 Å². The van der Waals surface area contributed by atoms with Crippen molar-refractivity contribution in [2.75, 3.05) is 11.4 Å². The van der Waals surface area contributed by atoms with E-state index in [4.69, 9.17) is 0 Å². The maximum atomic E-state index is 11.5. The first kappa shape index (κ1) is 14.6. The first-order valence-corrected chi connectivity index (χ1v) is 5.58. The fourth-order valence-corrected chi connectivity index (χ4v) is 1.64. The molecule has 1 rings (SSSR count). The highest BCUT2D eigenvalue weighted by Gasteiger charge is 2.20. The number of nitro benzene ring substituents is 2. The quantitative estimate of drug-likeness (QED) is 0.600. The third kappa shape index (κ3) is 3.47. The number of amides is 1. The van der Waals surface area contributed by atoms with Gasteiger partial charge in [-0.1, -0.05) is 6.92 Å². The molecular weight excluding hydrogens is 254 g/mol. The summed E-state index contributed by atoms with van der Waals surface area (Å²) in [7, 11) is 0. The molecule has 1 amide bonds. The molecule has 0 atom stereocenters. The van der Waals surface area contributed by atoms with E-state index in [0.29, 0.717) is 13.0 Å². The molecule has 8 nitrogen and oxygen atoms in total. The van der Waals surface area contributed by atoms with Crippen molar-refractivity contribution < 1.29 is 14.6 Å². The number of hydrogen-bond donors (Lipinski definition) is 0. The van der Waals surface area contributed by atoms with Crippen LogP contribution in [0.3, 0.4) is 0 Å². The third-order valence-electron chi connectivity index (χ3n) is 2.45. The van der Waals surface area contributed by atoms with Gasteiger partial charge in [0.25, 0.3) is 11.4 Å². The Labute approximate surface area is 108 Å². The van der Waals surface area contributed by atoms with Gasteiger partial charge in [0.05, 0.1) is 21.6 Å². The second-order valence-electron chi connectivity index (χ2n) is 3.89. The van der Waals surface area contributed by atoms with Crippen LogP contribution >= 0.6 is 0 Å². The highest BCUT2D eigenvalue weighted by Crippen LogP contribution is 2.28. The summed E-state index contributed by atoms with van der Waals surface area (Å²) in [4.78, 5) is 32.8. The number of carbonyl (C=O) groups is 1. The van der Waals surface area contributed by atoms with Gasteiger partial charge in [0.2, 0.25) is 5.91 Å². The molecule has 0 saturated carbocycles. The summed E-state index contributed by atoms with van der Waals surface area (Å²) in [6.07, 6.45) is 0.635. The van der Waals surface area contributed by atoms with Crippen LogP contribution in [-0.4, -0.2) is 22.3 Å². The molecule has 0 radical (unpaired) electrons. The van der Waals surface area contributed by atoms with Crippen LogP contribution in [0.15, 0.2) is 18.2 Å². The Morgan fingerprint density at radius 1 is 1.16 bits per heavy atom. The van der Waals surface area contributed by atoms with E-state index in [9.17, 15) is 25.0 Å². The molecule has 1 aromatic rings. The fraction of sp³-hybridized carbons (Fsp3) is 0.364. The maximum Gasteiger partial charge on any atom is 0.278 e. The molecule has 0 aliphatic heterocycles. The summed E-state index contributed by atoms with van der Waals surface area (Å²) in [5, 5.41) is 21.5. The van der Waals surface area contributed by atoms with E-state index in [-0.39, 0.29) is 11.6 Å². The van der Waals surface area contributed by atoms with Crippen LogP contribution in [-0.2, 0) is 4.79 Å². The van der Waals surface area contributed by atoms with E-state index in [2.05, 4.69) is 0 Å². The Morgan fingerprint density at radius 2 is 1.63 bits per heavy atom. The number of hydrogen-bond acceptors (Lipinski definition) is 5. The molecule has 0 heterocycles. The Hall–Kier alpha value is -2.51. The molecule has 0 aromatic heterocycles. The minimum absolute atomic E-state index is 0.162. The highest BCUT2D eigenvalue weighted by atomic mass is 16.6. The molecular formula is C11H13N3O5. The molecule has 0 spiro atoms. The van der Waals surface area contributed by atoms with Crippen LogP contribution in [0, 0.1) is 20.2 Å². The van der Waals surface area contributed by atoms with E-state index in [1.807, 2.05) is 6.92 Å². The minimum atomic E-state index is -0.721. The lowest BCUT2D eigenvalue weighted by molar-refractivity contribution is -0.394. The normalized spacial score (nSPS) is 10.0. The van der Waals surface area contributed by atoms with Crippen LogP contribution in [0.25, 0.3) is 0 Å². The zero-order valence-electron chi connectivity index (χ0n) is 10.5. The third-order valence-corrected chi connectivity index (χ3v) is 2.45. The molecule has 0 aliphatic carbocycles. The predicted octanol–water partition coefficient (Wildman–Crippen LogP) is 2.27. The van der Waals surface area contributed by atoms with Gasteiger partial charge in [0.1, 0.15) is 0 Å². The van der Waals surface area contributed by atoms with Gasteiger partial charge in [-0.25, -0.2) is 0 Å². The fourth-order valence-electron chi connectivity index (χ4n) is 1.64. The Bertz CT molecular complexity index is 497. The minimum Gasteiger partial charge on any atom is -0.312 e. The first-order chi connectivity index (χ1) is 8.86. The van der Waals surface area contributed by atoms with E-state index in [1.165, 1.54) is 11.8 Å². The van der Waals surface area contributed by atoms with Crippen molar-refractivity contribution in [3.05, 3.63) is 38.4 Å². The maximum absolute atomic E-state index is 11.5. The largest absolute Gasteiger partial charge is 0.312 e. The van der Waals surface area contributed by atoms with Crippen LogP contribution in [0.5, 0.6) is 0 Å². The van der Waals surface area contributed by atoms with Gasteiger partial charge in [0.15, 0.2) is 0 Å². The van der Waals surface area contributed by atoms with Gasteiger partial charge < -0.3 is 4.90 Å². The second kappa shape index (κ2) is 5.89. The lowest BCUT2D eigenvalue weighted by Crippen LogP contribution is -2.29. The van der Waals surface area contributed by atoms with Gasteiger partial charge in [0, 0.05) is 25.6 Å². The molecule has 0 aliphatic rings. The van der Waals surface area contributed by atoms with E-state index in [0.717, 1.165) is 18.2 Å². The summed E-state index contributed by atoms with van der Waals surface area (Å²) < 4.78 is 0. The van der Waals surface area contributed by atoms with Crippen LogP contribution in [0.2, 0.25) is 0 Å². The number of nitrogens with zero attached hydrogens (tertiary/aromatic N) is 3. The molecule has 1 aromatic carbocycles. The highest BCUT2D eigenvalue weighted by molar-refractivity contribution is 5.92. The van der Waals surface area contributed by atoms with Crippen molar-refractivity contribution in [2.24, 2.45) is 0 Å². The SMILES string of the molecule is CCCN(C(C)=O)c1cc([N+](=O)[O-])cc([N+](=O)[O-])c1. The number of rotatable bonds is 5. The average Bonchev–Trinajstić information content (AvgIpc) is 2.34. The van der Waals surface area contributed by atoms with Crippen LogP contribution < -0.4 is 4.90 Å². The smallest absolute Gasteiger partial charge is 0.278 e. The number of benzene rings is 1. The van der Waals surface area contributed by atoms with Crippen LogP contribution in [0.1, 0.15) is 20.3 Å². The van der Waals surface area contributed by atoms with Crippen molar-refractivity contribution in [1.82, 2.24) is 0 Å². The molecule has 0 unspecified atom stereocenters. The summed E-state index contributed by atoms with van der Waals surface area (Å²) in [5.74, 6) is -0.323. The average molecular weight is 267 g/mol. The van der Waals surface area contributed by atoms with Gasteiger partial charge in [-0.3, -0.25) is 25.0 Å². The topological polar surface area (TPSA) is 107 Å². The Morgan fingerprint density at radius 3 is 1.95 bits per heavy atom. The van der Waals surface area contributed by atoms with E-state index >= 15 is 0 Å². The van der Waals surface area contributed by atoms with Gasteiger partial charge in [-0.05, 0) is 6.42 Å². The summed E-state index contributed by atoms with van der Waals surface area (Å²) in [6, 6.07) is 3.18. The van der Waals surface area contributed by atoms with Crippen molar-refractivity contribution in [1.29, 1.82) is 0 Å². The molecule has 0 saturated heterocycles. The Balaban J connectivity index is 3.35. The molecule has 0 fully saturated rings. The second-order valence-corrected chi connectivity index (χ2v) is 3.89. The van der Waals surface area contributed by atoms with Gasteiger partial charge in [-0.2, -0.15) is 0 Å². The van der Waals surface area contributed by atoms with Crippen molar-refractivity contribution in [2.45, 2.75) is 20.3 Å². The molecule has 19 heavy (non-hydrogen) atoms. The number of anilines is 1. The number of non-ortho nitro benzene ring substituents is 2. The molecule has 0 bridgehead atoms. The standard InChI is InChI=1S/C11H13N3O5/c1-3-4-12(8(2)15)9-5-10(13(16)17)7-11(6-9)14(18)19/h5-7H,3-4H2,1-2H3. The first-order valence-electron chi connectivity index (χ1n) is 5.58. The Kier molecular flexibility index (Phi) is 4.51. The van der Waals surface area contributed by atoms with E-state index < -0.39 is 21.2 Å².